The number of fused-ring (bicyclic) bond motifs is 1. The highest BCUT2D eigenvalue weighted by molar-refractivity contribution is 7.99. The van der Waals surface area contributed by atoms with Crippen LogP contribution in [0.5, 0.6) is 0 Å². The number of hydrogen-bond acceptors (Lipinski definition) is 5. The number of carbonyl (C=O) groups is 1. The summed E-state index contributed by atoms with van der Waals surface area (Å²) in [5, 5.41) is 0. The molecule has 1 amide bonds. The smallest absolute Gasteiger partial charge is 0.340 e. The second-order valence-electron chi connectivity index (χ2n) is 5.06. The minimum Gasteiger partial charge on any atom is -0.340 e. The molecule has 0 spiro atoms. The number of rotatable bonds is 1. The second-order valence-corrected chi connectivity index (χ2v) is 7.25. The molecule has 122 valence electrons. The molecule has 23 heavy (non-hydrogen) atoms. The predicted molar refractivity (Wildman–Crippen MR) is 82.8 cm³/mol. The number of thiophene rings is 1. The zero-order valence-corrected chi connectivity index (χ0v) is 13.9. The molecule has 0 aliphatic carbocycles. The van der Waals surface area contributed by atoms with Crippen molar-refractivity contribution in [1.82, 2.24) is 14.9 Å². The van der Waals surface area contributed by atoms with E-state index in [1.807, 2.05) is 0 Å². The highest BCUT2D eigenvalue weighted by Crippen LogP contribution is 2.42. The van der Waals surface area contributed by atoms with Gasteiger partial charge in [-0.3, -0.25) is 4.79 Å². The van der Waals surface area contributed by atoms with E-state index in [2.05, 4.69) is 9.97 Å². The lowest BCUT2D eigenvalue weighted by Gasteiger charge is -2.12. The van der Waals surface area contributed by atoms with Crippen LogP contribution in [-0.2, 0) is 6.18 Å². The molecule has 3 heterocycles. The summed E-state index contributed by atoms with van der Waals surface area (Å²) >= 11 is 2.52. The van der Waals surface area contributed by atoms with E-state index in [0.717, 1.165) is 17.5 Å². The highest BCUT2D eigenvalue weighted by atomic mass is 32.2. The van der Waals surface area contributed by atoms with E-state index in [1.54, 1.807) is 18.0 Å². The minimum absolute atomic E-state index is 0.166. The Hall–Kier alpha value is -1.61. The lowest BCUT2D eigenvalue weighted by Crippen LogP contribution is -2.26. The third-order valence-electron chi connectivity index (χ3n) is 3.37. The number of aromatic nitrogens is 2. The summed E-state index contributed by atoms with van der Waals surface area (Å²) in [6, 6.07) is 1.62. The van der Waals surface area contributed by atoms with Gasteiger partial charge < -0.3 is 4.90 Å². The fraction of sp³-hybridized carbons (Fsp3) is 0.357. The number of alkyl halides is 3. The van der Waals surface area contributed by atoms with Crippen molar-refractivity contribution < 1.29 is 18.0 Å². The Morgan fingerprint density at radius 3 is 2.78 bits per heavy atom. The van der Waals surface area contributed by atoms with Gasteiger partial charge >= 0.3 is 6.18 Å². The average molecular weight is 359 g/mol. The van der Waals surface area contributed by atoms with Gasteiger partial charge in [0.1, 0.15) is 16.3 Å². The van der Waals surface area contributed by atoms with Crippen LogP contribution in [-0.4, -0.2) is 40.1 Å². The lowest BCUT2D eigenvalue weighted by atomic mass is 10.2. The maximum Gasteiger partial charge on any atom is 0.420 e. The van der Waals surface area contributed by atoms with Crippen molar-refractivity contribution in [3.05, 3.63) is 28.5 Å². The molecule has 0 saturated heterocycles. The fourth-order valence-corrected chi connectivity index (χ4v) is 4.61. The summed E-state index contributed by atoms with van der Waals surface area (Å²) < 4.78 is 39.6. The van der Waals surface area contributed by atoms with E-state index in [0.29, 0.717) is 26.9 Å². The molecule has 0 bridgehead atoms. The van der Waals surface area contributed by atoms with Gasteiger partial charge in [-0.2, -0.15) is 13.2 Å². The Morgan fingerprint density at radius 2 is 2.09 bits per heavy atom. The van der Waals surface area contributed by atoms with Gasteiger partial charge in [-0.05, 0) is 13.0 Å². The minimum atomic E-state index is -4.54. The molecule has 4 nitrogen and oxygen atoms in total. The van der Waals surface area contributed by atoms with Crippen LogP contribution in [0.2, 0.25) is 0 Å². The Balaban J connectivity index is 2.14. The Morgan fingerprint density at radius 1 is 1.35 bits per heavy atom. The van der Waals surface area contributed by atoms with Crippen molar-refractivity contribution in [3.8, 4) is 10.6 Å². The molecule has 0 saturated carbocycles. The molecule has 1 aliphatic heterocycles. The number of hydrogen-bond donors (Lipinski definition) is 0. The van der Waals surface area contributed by atoms with Gasteiger partial charge in [0.05, 0.1) is 10.6 Å². The van der Waals surface area contributed by atoms with Crippen LogP contribution in [0.3, 0.4) is 0 Å². The van der Waals surface area contributed by atoms with Crippen molar-refractivity contribution in [2.24, 2.45) is 0 Å². The molecule has 0 fully saturated rings. The molecule has 2 aromatic rings. The number of nitrogens with zero attached hydrogens (tertiary/aromatic N) is 3. The van der Waals surface area contributed by atoms with Gasteiger partial charge in [0.2, 0.25) is 0 Å². The standard InChI is InChI=1S/C14H12F3N3OS2/c1-7-18-6-8(14(15,16)17)11(19-7)9-5-10-12(23-9)13(21)20(2)3-4-22-10/h5-6H,3-4H2,1-2H3. The average Bonchev–Trinajstić information content (AvgIpc) is 2.83. The molecular formula is C14H12F3N3OS2. The highest BCUT2D eigenvalue weighted by Gasteiger charge is 2.36. The molecular weight excluding hydrogens is 347 g/mol. The van der Waals surface area contributed by atoms with Crippen LogP contribution >= 0.6 is 23.1 Å². The molecule has 0 aromatic carbocycles. The van der Waals surface area contributed by atoms with E-state index in [4.69, 9.17) is 0 Å². The van der Waals surface area contributed by atoms with Crippen LogP contribution in [0.4, 0.5) is 13.2 Å². The first-order valence-corrected chi connectivity index (χ1v) is 8.51. The summed E-state index contributed by atoms with van der Waals surface area (Å²) in [6.07, 6.45) is -3.75. The Bertz CT molecular complexity index is 773. The zero-order chi connectivity index (χ0) is 16.8. The number of amides is 1. The van der Waals surface area contributed by atoms with Crippen LogP contribution < -0.4 is 0 Å². The second kappa shape index (κ2) is 5.79. The number of halogens is 3. The Kier molecular flexibility index (Phi) is 4.09. The van der Waals surface area contributed by atoms with Crippen LogP contribution in [0, 0.1) is 6.92 Å². The van der Waals surface area contributed by atoms with Gasteiger partial charge in [0.25, 0.3) is 5.91 Å². The van der Waals surface area contributed by atoms with Crippen molar-refractivity contribution in [1.29, 1.82) is 0 Å². The first-order valence-electron chi connectivity index (χ1n) is 6.70. The van der Waals surface area contributed by atoms with Crippen molar-refractivity contribution in [2.75, 3.05) is 19.3 Å². The maximum absolute atomic E-state index is 13.2. The van der Waals surface area contributed by atoms with Crippen molar-refractivity contribution in [2.45, 2.75) is 18.0 Å². The van der Waals surface area contributed by atoms with Crippen molar-refractivity contribution in [3.63, 3.8) is 0 Å². The Labute approximate surface area is 138 Å². The van der Waals surface area contributed by atoms with Crippen LogP contribution in [0.15, 0.2) is 17.2 Å². The van der Waals surface area contributed by atoms with Crippen LogP contribution in [0.1, 0.15) is 21.1 Å². The van der Waals surface area contributed by atoms with Crippen molar-refractivity contribution >= 4 is 29.0 Å². The maximum atomic E-state index is 13.2. The molecule has 0 unspecified atom stereocenters. The lowest BCUT2D eigenvalue weighted by molar-refractivity contribution is -0.137. The predicted octanol–water partition coefficient (Wildman–Crippen LogP) is 3.71. The number of aryl methyl sites for hydroxylation is 1. The van der Waals surface area contributed by atoms with Gasteiger partial charge in [-0.25, -0.2) is 9.97 Å². The van der Waals surface area contributed by atoms with Gasteiger partial charge in [-0.1, -0.05) is 0 Å². The largest absolute Gasteiger partial charge is 0.420 e. The first kappa shape index (κ1) is 16.3. The van der Waals surface area contributed by atoms with E-state index in [9.17, 15) is 18.0 Å². The molecule has 2 aromatic heterocycles. The summed E-state index contributed by atoms with van der Waals surface area (Å²) in [7, 11) is 1.69. The number of thioether (sulfide) groups is 1. The van der Waals surface area contributed by atoms with Gasteiger partial charge in [0.15, 0.2) is 0 Å². The number of carbonyl (C=O) groups excluding carboxylic acids is 1. The monoisotopic (exact) mass is 359 g/mol. The van der Waals surface area contributed by atoms with E-state index in [-0.39, 0.29) is 17.4 Å². The van der Waals surface area contributed by atoms with Gasteiger partial charge in [-0.15, -0.1) is 23.1 Å². The molecule has 0 N–H and O–H groups in total. The van der Waals surface area contributed by atoms with Crippen LogP contribution in [0.25, 0.3) is 10.6 Å². The quantitative estimate of drug-likeness (QED) is 0.779. The summed E-state index contributed by atoms with van der Waals surface area (Å²) in [5.74, 6) is 0.800. The summed E-state index contributed by atoms with van der Waals surface area (Å²) in [6.45, 7) is 2.15. The first-order chi connectivity index (χ1) is 10.8. The molecule has 0 radical (unpaired) electrons. The van der Waals surface area contributed by atoms with E-state index < -0.39 is 11.7 Å². The third kappa shape index (κ3) is 3.07. The summed E-state index contributed by atoms with van der Waals surface area (Å²) in [5.41, 5.74) is -1.05. The SMILES string of the molecule is Cc1ncc(C(F)(F)F)c(-c2cc3c(s2)C(=O)N(C)CCS3)n1. The molecule has 0 atom stereocenters. The molecule has 1 aliphatic rings. The topological polar surface area (TPSA) is 46.1 Å². The fourth-order valence-electron chi connectivity index (χ4n) is 2.18. The summed E-state index contributed by atoms with van der Waals surface area (Å²) in [4.78, 5) is 23.0. The van der Waals surface area contributed by atoms with Gasteiger partial charge in [0, 0.05) is 30.4 Å². The molecule has 9 heteroatoms. The van der Waals surface area contributed by atoms with E-state index >= 15 is 0 Å². The zero-order valence-electron chi connectivity index (χ0n) is 12.3. The normalized spacial score (nSPS) is 15.5. The molecule has 3 rings (SSSR count). The van der Waals surface area contributed by atoms with E-state index in [1.165, 1.54) is 18.7 Å². The third-order valence-corrected chi connectivity index (χ3v) is 5.65.